The molecule has 1 unspecified atom stereocenters. The number of nitrogens with one attached hydrogen (secondary N) is 1. The van der Waals surface area contributed by atoms with E-state index in [2.05, 4.69) is 5.32 Å². The number of hydrogen-bond acceptors (Lipinski definition) is 4. The van der Waals surface area contributed by atoms with E-state index in [1.54, 1.807) is 18.2 Å². The normalized spacial score (nSPS) is 14.8. The molecule has 1 aromatic rings. The van der Waals surface area contributed by atoms with E-state index in [1.165, 1.54) is 0 Å². The highest BCUT2D eigenvalue weighted by Gasteiger charge is 2.15. The second kappa shape index (κ2) is 6.43. The number of amides is 1. The van der Waals surface area contributed by atoms with Gasteiger partial charge in [0.05, 0.1) is 6.10 Å². The number of carbonyl (C=O) groups excluding carboxylic acids is 1. The van der Waals surface area contributed by atoms with E-state index in [0.717, 1.165) is 6.42 Å². The maximum absolute atomic E-state index is 11.3. The molecule has 5 nitrogen and oxygen atoms in total. The van der Waals surface area contributed by atoms with E-state index in [9.17, 15) is 9.90 Å². The molecule has 0 saturated carbocycles. The minimum atomic E-state index is -0.739. The lowest BCUT2D eigenvalue weighted by atomic mass is 10.1. The topological polar surface area (TPSA) is 67.8 Å². The van der Waals surface area contributed by atoms with E-state index in [4.69, 9.17) is 9.47 Å². The van der Waals surface area contributed by atoms with Gasteiger partial charge in [-0.15, -0.1) is 0 Å². The summed E-state index contributed by atoms with van der Waals surface area (Å²) in [5.41, 5.74) is 0.709. The van der Waals surface area contributed by atoms with Gasteiger partial charge in [0.1, 0.15) is 13.2 Å². The predicted molar refractivity (Wildman–Crippen MR) is 70.3 cm³/mol. The number of fused-ring (bicyclic) bond motifs is 1. The molecule has 1 aliphatic rings. The fourth-order valence-corrected chi connectivity index (χ4v) is 1.91. The molecule has 0 saturated heterocycles. The van der Waals surface area contributed by atoms with Crippen molar-refractivity contribution < 1.29 is 19.4 Å². The molecule has 0 bridgehead atoms. The van der Waals surface area contributed by atoms with Gasteiger partial charge in [-0.05, 0) is 24.1 Å². The van der Waals surface area contributed by atoms with E-state index in [-0.39, 0.29) is 12.5 Å². The lowest BCUT2D eigenvalue weighted by molar-refractivity contribution is -0.121. The van der Waals surface area contributed by atoms with Gasteiger partial charge >= 0.3 is 0 Å². The molecule has 1 aliphatic heterocycles. The predicted octanol–water partition coefficient (Wildman–Crippen LogP) is 1.41. The van der Waals surface area contributed by atoms with Crippen LogP contribution in [0.15, 0.2) is 18.2 Å². The van der Waals surface area contributed by atoms with Gasteiger partial charge < -0.3 is 19.9 Å². The molecule has 19 heavy (non-hydrogen) atoms. The van der Waals surface area contributed by atoms with Crippen LogP contribution in [0, 0.1) is 0 Å². The van der Waals surface area contributed by atoms with Crippen molar-refractivity contribution in [1.29, 1.82) is 0 Å². The molecule has 1 atom stereocenters. The molecule has 0 aromatic heterocycles. The van der Waals surface area contributed by atoms with Crippen LogP contribution in [0.2, 0.25) is 0 Å². The third kappa shape index (κ3) is 3.61. The third-order valence-corrected chi connectivity index (χ3v) is 2.92. The van der Waals surface area contributed by atoms with Gasteiger partial charge in [-0.3, -0.25) is 4.79 Å². The fraction of sp³-hybridized carbons (Fsp3) is 0.500. The van der Waals surface area contributed by atoms with Crippen molar-refractivity contribution in [2.24, 2.45) is 0 Å². The van der Waals surface area contributed by atoms with Crippen LogP contribution in [0.25, 0.3) is 0 Å². The zero-order chi connectivity index (χ0) is 13.7. The summed E-state index contributed by atoms with van der Waals surface area (Å²) in [6.45, 7) is 3.21. The molecule has 2 N–H and O–H groups in total. The zero-order valence-electron chi connectivity index (χ0n) is 11.0. The Kier molecular flexibility index (Phi) is 4.63. The number of aliphatic hydroxyl groups excluding tert-OH is 1. The van der Waals surface area contributed by atoms with Crippen LogP contribution in [-0.4, -0.2) is 30.8 Å². The number of aliphatic hydroxyl groups is 1. The Labute approximate surface area is 112 Å². The second-order valence-corrected chi connectivity index (χ2v) is 4.47. The standard InChI is InChI=1S/C14H19NO4/c1-2-3-14(17)15-9-11(16)10-4-5-12-13(8-10)19-7-6-18-12/h4-5,8,11,16H,2-3,6-7,9H2,1H3,(H,15,17). The molecule has 1 amide bonds. The molecule has 5 heteroatoms. The SMILES string of the molecule is CCCC(=O)NCC(O)c1ccc2c(c1)OCCO2. The Hall–Kier alpha value is -1.75. The van der Waals surface area contributed by atoms with E-state index in [1.807, 2.05) is 6.92 Å². The number of carbonyl (C=O) groups is 1. The fourth-order valence-electron chi connectivity index (χ4n) is 1.91. The van der Waals surface area contributed by atoms with Crippen LogP contribution in [0.4, 0.5) is 0 Å². The molecule has 0 fully saturated rings. The van der Waals surface area contributed by atoms with Crippen molar-refractivity contribution in [2.75, 3.05) is 19.8 Å². The van der Waals surface area contributed by atoms with Gasteiger partial charge in [0, 0.05) is 13.0 Å². The lowest BCUT2D eigenvalue weighted by Crippen LogP contribution is -2.28. The summed E-state index contributed by atoms with van der Waals surface area (Å²) in [5, 5.41) is 12.7. The summed E-state index contributed by atoms with van der Waals surface area (Å²) in [6, 6.07) is 5.32. The van der Waals surface area contributed by atoms with Gasteiger partial charge in [-0.25, -0.2) is 0 Å². The van der Waals surface area contributed by atoms with Gasteiger partial charge in [0.2, 0.25) is 5.91 Å². The first-order chi connectivity index (χ1) is 9.20. The largest absolute Gasteiger partial charge is 0.486 e. The number of ether oxygens (including phenoxy) is 2. The van der Waals surface area contributed by atoms with E-state index in [0.29, 0.717) is 36.7 Å². The molecule has 0 radical (unpaired) electrons. The van der Waals surface area contributed by atoms with Crippen LogP contribution >= 0.6 is 0 Å². The molecule has 0 aliphatic carbocycles. The Bertz CT molecular complexity index is 447. The van der Waals surface area contributed by atoms with Crippen LogP contribution < -0.4 is 14.8 Å². The van der Waals surface area contributed by atoms with Crippen molar-refractivity contribution in [3.63, 3.8) is 0 Å². The molecule has 2 rings (SSSR count). The summed E-state index contributed by atoms with van der Waals surface area (Å²) in [4.78, 5) is 11.3. The van der Waals surface area contributed by atoms with Gasteiger partial charge in [0.25, 0.3) is 0 Å². The Morgan fingerprint density at radius 1 is 1.37 bits per heavy atom. The van der Waals surface area contributed by atoms with E-state index < -0.39 is 6.10 Å². The summed E-state index contributed by atoms with van der Waals surface area (Å²) < 4.78 is 10.9. The Morgan fingerprint density at radius 2 is 2.11 bits per heavy atom. The first-order valence-electron chi connectivity index (χ1n) is 6.55. The highest BCUT2D eigenvalue weighted by atomic mass is 16.6. The van der Waals surface area contributed by atoms with Crippen LogP contribution in [0.5, 0.6) is 11.5 Å². The van der Waals surface area contributed by atoms with Crippen LogP contribution in [0.3, 0.4) is 0 Å². The maximum atomic E-state index is 11.3. The number of hydrogen-bond donors (Lipinski definition) is 2. The zero-order valence-corrected chi connectivity index (χ0v) is 11.0. The first kappa shape index (κ1) is 13.7. The van der Waals surface area contributed by atoms with Gasteiger partial charge in [0.15, 0.2) is 11.5 Å². The monoisotopic (exact) mass is 265 g/mol. The second-order valence-electron chi connectivity index (χ2n) is 4.47. The number of benzene rings is 1. The molecular weight excluding hydrogens is 246 g/mol. The van der Waals surface area contributed by atoms with Crippen molar-refractivity contribution in [1.82, 2.24) is 5.32 Å². The van der Waals surface area contributed by atoms with Crippen molar-refractivity contribution in [3.05, 3.63) is 23.8 Å². The molecule has 0 spiro atoms. The highest BCUT2D eigenvalue weighted by molar-refractivity contribution is 5.75. The highest BCUT2D eigenvalue weighted by Crippen LogP contribution is 2.32. The molecule has 1 aromatic carbocycles. The summed E-state index contributed by atoms with van der Waals surface area (Å²) >= 11 is 0. The summed E-state index contributed by atoms with van der Waals surface area (Å²) in [7, 11) is 0. The molecular formula is C14H19NO4. The van der Waals surface area contributed by atoms with Crippen LogP contribution in [-0.2, 0) is 4.79 Å². The van der Waals surface area contributed by atoms with Crippen molar-refractivity contribution in [2.45, 2.75) is 25.9 Å². The smallest absolute Gasteiger partial charge is 0.220 e. The average molecular weight is 265 g/mol. The summed E-state index contributed by atoms with van der Waals surface area (Å²) in [6.07, 6.45) is 0.538. The maximum Gasteiger partial charge on any atom is 0.220 e. The Morgan fingerprint density at radius 3 is 2.84 bits per heavy atom. The first-order valence-corrected chi connectivity index (χ1v) is 6.55. The van der Waals surface area contributed by atoms with E-state index >= 15 is 0 Å². The third-order valence-electron chi connectivity index (χ3n) is 2.92. The number of rotatable bonds is 5. The van der Waals surface area contributed by atoms with Crippen LogP contribution in [0.1, 0.15) is 31.4 Å². The quantitative estimate of drug-likeness (QED) is 0.844. The summed E-state index contributed by atoms with van der Waals surface area (Å²) in [5.74, 6) is 1.29. The Balaban J connectivity index is 1.95. The lowest BCUT2D eigenvalue weighted by Gasteiger charge is -2.20. The molecule has 104 valence electrons. The van der Waals surface area contributed by atoms with Gasteiger partial charge in [-0.2, -0.15) is 0 Å². The van der Waals surface area contributed by atoms with Crippen molar-refractivity contribution >= 4 is 5.91 Å². The average Bonchev–Trinajstić information content (AvgIpc) is 2.44. The molecule has 1 heterocycles. The van der Waals surface area contributed by atoms with Crippen molar-refractivity contribution in [3.8, 4) is 11.5 Å². The minimum Gasteiger partial charge on any atom is -0.486 e. The van der Waals surface area contributed by atoms with Gasteiger partial charge in [-0.1, -0.05) is 13.0 Å². The minimum absolute atomic E-state index is 0.0425.